The number of aromatic nitrogens is 3. The van der Waals surface area contributed by atoms with Crippen molar-refractivity contribution in [1.29, 1.82) is 0 Å². The lowest BCUT2D eigenvalue weighted by Crippen LogP contribution is -2.69. The van der Waals surface area contributed by atoms with E-state index >= 15 is 0 Å². The second-order valence-corrected chi connectivity index (χ2v) is 19.2. The molecule has 1 aromatic rings. The molecule has 0 aromatic carbocycles. The summed E-state index contributed by atoms with van der Waals surface area (Å²) in [6.07, 6.45) is 14.3. The van der Waals surface area contributed by atoms with Gasteiger partial charge in [-0.3, -0.25) is 9.59 Å². The predicted molar refractivity (Wildman–Crippen MR) is 191 cm³/mol. The first kappa shape index (κ1) is 36.1. The van der Waals surface area contributed by atoms with E-state index in [1.54, 1.807) is 4.68 Å². The molecule has 5 aliphatic carbocycles. The Labute approximate surface area is 298 Å². The highest BCUT2D eigenvalue weighted by Gasteiger charge is 2.72. The van der Waals surface area contributed by atoms with Crippen molar-refractivity contribution in [3.63, 3.8) is 0 Å². The molecule has 6 aliphatic rings. The average Bonchev–Trinajstić information content (AvgIpc) is 3.55. The number of carbonyl (C=O) groups is 2. The van der Waals surface area contributed by atoms with Crippen molar-refractivity contribution < 1.29 is 24.2 Å². The lowest BCUT2D eigenvalue weighted by Gasteiger charge is -2.71. The smallest absolute Gasteiger partial charge is 0.307 e. The number of ether oxygens (including phenoxy) is 2. The molecule has 278 valence electrons. The number of rotatable bonds is 8. The van der Waals surface area contributed by atoms with Crippen LogP contribution < -0.4 is 11.5 Å². The Bertz CT molecular complexity index is 1530. The fraction of sp³-hybridized carbons (Fsp3) is 0.850. The van der Waals surface area contributed by atoms with Gasteiger partial charge in [-0.15, -0.1) is 0 Å². The van der Waals surface area contributed by atoms with E-state index in [2.05, 4.69) is 64.6 Å². The molecule has 5 fully saturated rings. The number of hydrogen-bond acceptors (Lipinski definition) is 7. The van der Waals surface area contributed by atoms with E-state index in [9.17, 15) is 14.7 Å². The lowest BCUT2D eigenvalue weighted by molar-refractivity contribution is -0.252. The van der Waals surface area contributed by atoms with Crippen molar-refractivity contribution in [2.45, 2.75) is 137 Å². The highest BCUT2D eigenvalue weighted by molar-refractivity contribution is 5.89. The number of carbonyl (C=O) groups excluding carboxylic acids is 1. The standard InChI is InChI=1S/C40H63N5O5/c1-24(2)25(3)35(4)17-18-37(6)26-11-12-29-36(5)20-49-22-40(29,27(26)13-16-38(37,7)30(35)34(47)48)19-28(45-33(32(41)46)43-23-44-45)31(36)50-21-39(42)14-9-8-10-15-39/h13,23-26,28-31H,8-12,14-22,42H2,1-7H3,(H2,41,46)(H,47,48)/t25-,26+,28-,29+,30-,31+,35-,36-,37-,38+,40+/m1/s1. The van der Waals surface area contributed by atoms with Gasteiger partial charge >= 0.3 is 5.97 Å². The Morgan fingerprint density at radius 2 is 1.76 bits per heavy atom. The lowest BCUT2D eigenvalue weighted by atomic mass is 9.34. The summed E-state index contributed by atoms with van der Waals surface area (Å²) in [6.45, 7) is 17.6. The van der Waals surface area contributed by atoms with Gasteiger partial charge < -0.3 is 26.0 Å². The maximum atomic E-state index is 13.5. The largest absolute Gasteiger partial charge is 0.481 e. The first-order chi connectivity index (χ1) is 23.5. The SMILES string of the molecule is CC(C)[C@@H](C)[C@@]1(C)CC[C@]2(C)[C@H]3CC[C@@H]4[C@@]5(COC[C@@]4(C)[C@@H](OCC4(N)CCCCC4)[C@H](n4ncnc4C(N)=O)C5)C3=CC[C@@]2(C)[C@@H]1C(=O)O. The Balaban J connectivity index is 1.32. The molecule has 11 atom stereocenters. The van der Waals surface area contributed by atoms with Crippen molar-refractivity contribution in [2.75, 3.05) is 19.8 Å². The quantitative estimate of drug-likeness (QED) is 0.259. The molecule has 10 heteroatoms. The number of carboxylic acids is 1. The zero-order valence-corrected chi connectivity index (χ0v) is 31.7. The molecule has 0 unspecified atom stereocenters. The van der Waals surface area contributed by atoms with Gasteiger partial charge in [-0.05, 0) is 91.3 Å². The molecule has 0 radical (unpaired) electrons. The molecule has 1 aliphatic heterocycles. The number of allylic oxidation sites excluding steroid dienone is 1. The molecule has 1 aromatic heterocycles. The van der Waals surface area contributed by atoms with E-state index in [1.165, 1.54) is 18.3 Å². The van der Waals surface area contributed by atoms with Gasteiger partial charge in [0.2, 0.25) is 5.82 Å². The summed E-state index contributed by atoms with van der Waals surface area (Å²) in [6, 6.07) is -0.286. The number of carboxylic acid groups (broad SMARTS) is 1. The molecule has 2 bridgehead atoms. The summed E-state index contributed by atoms with van der Waals surface area (Å²) in [7, 11) is 0. The molecule has 5 N–H and O–H groups in total. The van der Waals surface area contributed by atoms with Crippen LogP contribution >= 0.6 is 0 Å². The molecule has 7 rings (SSSR count). The minimum absolute atomic E-state index is 0.154. The number of nitrogens with zero attached hydrogens (tertiary/aromatic N) is 3. The fourth-order valence-electron chi connectivity index (χ4n) is 13.4. The van der Waals surface area contributed by atoms with Crippen molar-refractivity contribution in [2.24, 2.45) is 68.1 Å². The minimum atomic E-state index is -0.649. The minimum Gasteiger partial charge on any atom is -0.481 e. The van der Waals surface area contributed by atoms with E-state index in [-0.39, 0.29) is 57.0 Å². The van der Waals surface area contributed by atoms with E-state index in [1.807, 2.05) is 0 Å². The monoisotopic (exact) mass is 693 g/mol. The normalized spacial score (nSPS) is 44.3. The van der Waals surface area contributed by atoms with Crippen molar-refractivity contribution in [1.82, 2.24) is 14.8 Å². The zero-order valence-electron chi connectivity index (χ0n) is 31.7. The van der Waals surface area contributed by atoms with Crippen LogP contribution in [0.1, 0.15) is 136 Å². The molecule has 1 amide bonds. The van der Waals surface area contributed by atoms with Gasteiger partial charge in [0.25, 0.3) is 5.91 Å². The van der Waals surface area contributed by atoms with Gasteiger partial charge in [0.1, 0.15) is 6.33 Å². The molecule has 4 saturated carbocycles. The summed E-state index contributed by atoms with van der Waals surface area (Å²) >= 11 is 0. The number of aliphatic carboxylic acids is 1. The molecule has 0 spiro atoms. The number of primary amides is 1. The van der Waals surface area contributed by atoms with Gasteiger partial charge in [-0.2, -0.15) is 5.10 Å². The van der Waals surface area contributed by atoms with Crippen molar-refractivity contribution in [3.8, 4) is 0 Å². The van der Waals surface area contributed by atoms with Crippen LogP contribution in [-0.4, -0.2) is 63.2 Å². The first-order valence-electron chi connectivity index (χ1n) is 19.6. The molecule has 2 heterocycles. The number of hydrogen-bond donors (Lipinski definition) is 3. The first-order valence-corrected chi connectivity index (χ1v) is 19.6. The zero-order chi connectivity index (χ0) is 36.1. The Hall–Kier alpha value is -2.30. The third kappa shape index (κ3) is 4.96. The topological polar surface area (TPSA) is 156 Å². The van der Waals surface area contributed by atoms with Gasteiger partial charge in [-0.25, -0.2) is 9.67 Å². The maximum absolute atomic E-state index is 13.5. The van der Waals surface area contributed by atoms with Crippen LogP contribution in [0.15, 0.2) is 18.0 Å². The average molecular weight is 694 g/mol. The summed E-state index contributed by atoms with van der Waals surface area (Å²) in [5.41, 5.74) is 12.4. The molecule has 1 saturated heterocycles. The molecule has 10 nitrogen and oxygen atoms in total. The van der Waals surface area contributed by atoms with Gasteiger partial charge in [0.15, 0.2) is 0 Å². The Morgan fingerprint density at radius 1 is 1.04 bits per heavy atom. The predicted octanol–water partition coefficient (Wildman–Crippen LogP) is 6.55. The van der Waals surface area contributed by atoms with E-state index in [4.69, 9.17) is 20.9 Å². The molecular formula is C40H63N5O5. The summed E-state index contributed by atoms with van der Waals surface area (Å²) in [4.78, 5) is 30.5. The Kier molecular flexibility index (Phi) is 8.75. The third-order valence-corrected chi connectivity index (χ3v) is 16.6. The van der Waals surface area contributed by atoms with Crippen LogP contribution in [0.5, 0.6) is 0 Å². The van der Waals surface area contributed by atoms with Crippen molar-refractivity contribution in [3.05, 3.63) is 23.8 Å². The maximum Gasteiger partial charge on any atom is 0.307 e. The van der Waals surface area contributed by atoms with Crippen molar-refractivity contribution >= 4 is 11.9 Å². The summed E-state index contributed by atoms with van der Waals surface area (Å²) in [5.74, 6) is -0.312. The Morgan fingerprint density at radius 3 is 2.42 bits per heavy atom. The van der Waals surface area contributed by atoms with Crippen LogP contribution in [0, 0.1) is 56.7 Å². The third-order valence-electron chi connectivity index (χ3n) is 16.6. The molecular weight excluding hydrogens is 630 g/mol. The number of amides is 1. The van der Waals surface area contributed by atoms with E-state index < -0.39 is 23.2 Å². The summed E-state index contributed by atoms with van der Waals surface area (Å²) in [5, 5.41) is 15.7. The number of fused-ring (bicyclic) bond motifs is 3. The van der Waals surface area contributed by atoms with E-state index in [0.29, 0.717) is 38.1 Å². The van der Waals surface area contributed by atoms with Crippen LogP contribution in [-0.2, 0) is 14.3 Å². The number of nitrogens with two attached hydrogens (primary N) is 2. The van der Waals surface area contributed by atoms with Gasteiger partial charge in [0, 0.05) is 16.4 Å². The highest BCUT2D eigenvalue weighted by atomic mass is 16.5. The van der Waals surface area contributed by atoms with Crippen LogP contribution in [0.4, 0.5) is 0 Å². The fourth-order valence-corrected chi connectivity index (χ4v) is 13.4. The van der Waals surface area contributed by atoms with Crippen LogP contribution in [0.3, 0.4) is 0 Å². The van der Waals surface area contributed by atoms with Crippen LogP contribution in [0.25, 0.3) is 0 Å². The second kappa shape index (κ2) is 12.1. The van der Waals surface area contributed by atoms with Gasteiger partial charge in [0.05, 0.1) is 37.9 Å². The van der Waals surface area contributed by atoms with Gasteiger partial charge in [-0.1, -0.05) is 79.4 Å². The molecule has 50 heavy (non-hydrogen) atoms. The van der Waals surface area contributed by atoms with E-state index in [0.717, 1.165) is 57.8 Å². The highest BCUT2D eigenvalue weighted by Crippen LogP contribution is 2.75. The second-order valence-electron chi connectivity index (χ2n) is 19.2. The summed E-state index contributed by atoms with van der Waals surface area (Å²) < 4.78 is 15.5. The van der Waals surface area contributed by atoms with Crippen LogP contribution in [0.2, 0.25) is 0 Å².